The normalized spacial score (nSPS) is 29.2. The Kier molecular flexibility index (Phi) is 6.65. The summed E-state index contributed by atoms with van der Waals surface area (Å²) in [4.78, 5) is 0. The number of hydrogen-bond acceptors (Lipinski definition) is 2. The molecule has 1 rings (SSSR count). The van der Waals surface area contributed by atoms with E-state index in [0.29, 0.717) is 6.04 Å². The van der Waals surface area contributed by atoms with E-state index in [4.69, 9.17) is 4.74 Å². The van der Waals surface area contributed by atoms with Crippen LogP contribution < -0.4 is 5.32 Å². The van der Waals surface area contributed by atoms with Gasteiger partial charge in [-0.3, -0.25) is 0 Å². The highest BCUT2D eigenvalue weighted by Gasteiger charge is 2.36. The summed E-state index contributed by atoms with van der Waals surface area (Å²) in [6.07, 6.45) is 6.25. The molecule has 2 heteroatoms. The molecule has 0 aromatic rings. The van der Waals surface area contributed by atoms with Gasteiger partial charge in [-0.25, -0.2) is 0 Å². The van der Waals surface area contributed by atoms with Gasteiger partial charge in [0.15, 0.2) is 0 Å². The summed E-state index contributed by atoms with van der Waals surface area (Å²) in [5.41, 5.74) is 0.117. The zero-order valence-corrected chi connectivity index (χ0v) is 13.1. The standard InChI is InChI=1S/C16H33NO/c1-6-11-18-16(12-17-14(4)5)9-7-15(8-10-16)13(2)3/h13-15,17H,6-12H2,1-5H3. The summed E-state index contributed by atoms with van der Waals surface area (Å²) in [5.74, 6) is 1.73. The van der Waals surface area contributed by atoms with Crippen molar-refractivity contribution in [2.24, 2.45) is 11.8 Å². The fraction of sp³-hybridized carbons (Fsp3) is 1.00. The number of hydrogen-bond donors (Lipinski definition) is 1. The minimum atomic E-state index is 0.117. The molecule has 0 aliphatic heterocycles. The van der Waals surface area contributed by atoms with Crippen molar-refractivity contribution in [1.82, 2.24) is 5.32 Å². The van der Waals surface area contributed by atoms with Gasteiger partial charge in [0.25, 0.3) is 0 Å². The van der Waals surface area contributed by atoms with Crippen LogP contribution in [-0.4, -0.2) is 24.8 Å². The molecule has 0 unspecified atom stereocenters. The molecule has 0 spiro atoms. The monoisotopic (exact) mass is 255 g/mol. The summed E-state index contributed by atoms with van der Waals surface area (Å²) >= 11 is 0. The molecule has 1 fully saturated rings. The molecule has 108 valence electrons. The fourth-order valence-corrected chi connectivity index (χ4v) is 2.91. The number of rotatable bonds is 7. The Balaban J connectivity index is 2.52. The minimum Gasteiger partial charge on any atom is -0.374 e. The molecule has 1 aliphatic rings. The van der Waals surface area contributed by atoms with Gasteiger partial charge in [0.2, 0.25) is 0 Å². The second-order valence-corrected chi connectivity index (χ2v) is 6.65. The van der Waals surface area contributed by atoms with Crippen molar-refractivity contribution in [3.05, 3.63) is 0 Å². The van der Waals surface area contributed by atoms with Gasteiger partial charge < -0.3 is 10.1 Å². The lowest BCUT2D eigenvalue weighted by Crippen LogP contribution is -2.48. The van der Waals surface area contributed by atoms with Gasteiger partial charge in [0.1, 0.15) is 0 Å². The van der Waals surface area contributed by atoms with E-state index in [2.05, 4.69) is 39.9 Å². The summed E-state index contributed by atoms with van der Waals surface area (Å²) in [6, 6.07) is 0.551. The van der Waals surface area contributed by atoms with Crippen molar-refractivity contribution in [2.45, 2.75) is 78.4 Å². The van der Waals surface area contributed by atoms with E-state index in [1.165, 1.54) is 25.7 Å². The van der Waals surface area contributed by atoms with Gasteiger partial charge in [-0.15, -0.1) is 0 Å². The maximum atomic E-state index is 6.24. The van der Waals surface area contributed by atoms with E-state index < -0.39 is 0 Å². The molecule has 2 nitrogen and oxygen atoms in total. The van der Waals surface area contributed by atoms with Crippen LogP contribution >= 0.6 is 0 Å². The molecule has 18 heavy (non-hydrogen) atoms. The zero-order valence-electron chi connectivity index (χ0n) is 13.1. The molecule has 1 aliphatic carbocycles. The van der Waals surface area contributed by atoms with Gasteiger partial charge in [0.05, 0.1) is 5.60 Å². The van der Waals surface area contributed by atoms with E-state index in [0.717, 1.165) is 31.4 Å². The van der Waals surface area contributed by atoms with Crippen LogP contribution in [-0.2, 0) is 4.74 Å². The van der Waals surface area contributed by atoms with Crippen LogP contribution in [0, 0.1) is 11.8 Å². The van der Waals surface area contributed by atoms with Crippen molar-refractivity contribution < 1.29 is 4.74 Å². The molecule has 0 aromatic heterocycles. The second-order valence-electron chi connectivity index (χ2n) is 6.65. The Labute approximate surface area is 114 Å². The van der Waals surface area contributed by atoms with Crippen LogP contribution in [0.2, 0.25) is 0 Å². The molecule has 0 aromatic carbocycles. The van der Waals surface area contributed by atoms with Crippen LogP contribution in [0.4, 0.5) is 0 Å². The van der Waals surface area contributed by atoms with Crippen LogP contribution in [0.15, 0.2) is 0 Å². The zero-order chi connectivity index (χ0) is 13.6. The van der Waals surface area contributed by atoms with Crippen LogP contribution in [0.3, 0.4) is 0 Å². The second kappa shape index (κ2) is 7.49. The highest BCUT2D eigenvalue weighted by Crippen LogP contribution is 2.37. The predicted octanol–water partition coefficient (Wildman–Crippen LogP) is 4.00. The average molecular weight is 255 g/mol. The molecular formula is C16H33NO. The number of ether oxygens (including phenoxy) is 1. The van der Waals surface area contributed by atoms with Crippen molar-refractivity contribution in [1.29, 1.82) is 0 Å². The van der Waals surface area contributed by atoms with Crippen molar-refractivity contribution in [3.8, 4) is 0 Å². The van der Waals surface area contributed by atoms with E-state index in [1.54, 1.807) is 0 Å². The average Bonchev–Trinajstić information content (AvgIpc) is 2.35. The van der Waals surface area contributed by atoms with Crippen molar-refractivity contribution >= 4 is 0 Å². The molecule has 0 saturated heterocycles. The lowest BCUT2D eigenvalue weighted by Gasteiger charge is -2.42. The third kappa shape index (κ3) is 4.89. The van der Waals surface area contributed by atoms with Gasteiger partial charge in [-0.2, -0.15) is 0 Å². The smallest absolute Gasteiger partial charge is 0.0806 e. The largest absolute Gasteiger partial charge is 0.374 e. The van der Waals surface area contributed by atoms with Gasteiger partial charge in [-0.05, 0) is 43.9 Å². The first kappa shape index (κ1) is 16.0. The van der Waals surface area contributed by atoms with Gasteiger partial charge >= 0.3 is 0 Å². The SMILES string of the molecule is CCCOC1(CNC(C)C)CCC(C(C)C)CC1. The van der Waals surface area contributed by atoms with Crippen LogP contribution in [0.5, 0.6) is 0 Å². The lowest BCUT2D eigenvalue weighted by atomic mass is 9.74. The first-order chi connectivity index (χ1) is 8.49. The maximum Gasteiger partial charge on any atom is 0.0806 e. The number of nitrogens with one attached hydrogen (secondary N) is 1. The molecule has 0 atom stereocenters. The first-order valence-electron chi connectivity index (χ1n) is 7.86. The molecule has 0 heterocycles. The summed E-state index contributed by atoms with van der Waals surface area (Å²) in [6.45, 7) is 13.3. The Morgan fingerprint density at radius 1 is 1.17 bits per heavy atom. The Morgan fingerprint density at radius 3 is 2.22 bits per heavy atom. The predicted molar refractivity (Wildman–Crippen MR) is 78.9 cm³/mol. The highest BCUT2D eigenvalue weighted by atomic mass is 16.5. The maximum absolute atomic E-state index is 6.24. The molecule has 0 radical (unpaired) electrons. The third-order valence-corrected chi connectivity index (χ3v) is 4.33. The lowest BCUT2D eigenvalue weighted by molar-refractivity contribution is -0.0801. The molecule has 0 bridgehead atoms. The topological polar surface area (TPSA) is 21.3 Å². The van der Waals surface area contributed by atoms with E-state index in [9.17, 15) is 0 Å². The summed E-state index contributed by atoms with van der Waals surface area (Å²) in [7, 11) is 0. The quantitative estimate of drug-likeness (QED) is 0.742. The van der Waals surface area contributed by atoms with Crippen molar-refractivity contribution in [2.75, 3.05) is 13.2 Å². The van der Waals surface area contributed by atoms with E-state index in [1.807, 2.05) is 0 Å². The Morgan fingerprint density at radius 2 is 1.78 bits per heavy atom. The molecule has 0 amide bonds. The minimum absolute atomic E-state index is 0.117. The summed E-state index contributed by atoms with van der Waals surface area (Å²) in [5, 5.41) is 3.58. The molecule has 1 saturated carbocycles. The third-order valence-electron chi connectivity index (χ3n) is 4.33. The molecule has 1 N–H and O–H groups in total. The first-order valence-corrected chi connectivity index (χ1v) is 7.86. The van der Waals surface area contributed by atoms with Crippen LogP contribution in [0.1, 0.15) is 66.7 Å². The molecular weight excluding hydrogens is 222 g/mol. The van der Waals surface area contributed by atoms with Gasteiger partial charge in [-0.1, -0.05) is 34.6 Å². The van der Waals surface area contributed by atoms with Crippen molar-refractivity contribution in [3.63, 3.8) is 0 Å². The fourth-order valence-electron chi connectivity index (χ4n) is 2.91. The van der Waals surface area contributed by atoms with Crippen LogP contribution in [0.25, 0.3) is 0 Å². The Bertz CT molecular complexity index is 217. The Hall–Kier alpha value is -0.0800. The highest BCUT2D eigenvalue weighted by molar-refractivity contribution is 4.90. The van der Waals surface area contributed by atoms with E-state index >= 15 is 0 Å². The van der Waals surface area contributed by atoms with E-state index in [-0.39, 0.29) is 5.60 Å². The summed E-state index contributed by atoms with van der Waals surface area (Å²) < 4.78 is 6.24. The van der Waals surface area contributed by atoms with Gasteiger partial charge in [0, 0.05) is 19.2 Å².